The Labute approximate surface area is 109 Å². The van der Waals surface area contributed by atoms with Gasteiger partial charge in [0.05, 0.1) is 0 Å². The van der Waals surface area contributed by atoms with E-state index in [2.05, 4.69) is 6.07 Å². The molecule has 4 heteroatoms. The molecular weight excluding hydrogens is 257 g/mol. The van der Waals surface area contributed by atoms with Gasteiger partial charge in [0.15, 0.2) is 0 Å². The number of rotatable bonds is 4. The third kappa shape index (κ3) is 3.28. The topological polar surface area (TPSA) is 26.0 Å². The summed E-state index contributed by atoms with van der Waals surface area (Å²) in [6.45, 7) is 0. The van der Waals surface area contributed by atoms with E-state index in [4.69, 9.17) is 17.3 Å². The van der Waals surface area contributed by atoms with Crippen molar-refractivity contribution in [2.24, 2.45) is 5.73 Å². The van der Waals surface area contributed by atoms with E-state index in [1.807, 2.05) is 11.4 Å². The standard InChI is InChI=1S/C13H13ClFNS/c14-12-8-9(15)3-5-11(12)13(16)6-4-10-2-1-7-17-10/h1-3,5,7-8,13H,4,6,16H2. The molecule has 0 fully saturated rings. The van der Waals surface area contributed by atoms with Crippen molar-refractivity contribution < 1.29 is 4.39 Å². The average Bonchev–Trinajstić information content (AvgIpc) is 2.78. The normalized spacial score (nSPS) is 12.6. The maximum atomic E-state index is 12.9. The van der Waals surface area contributed by atoms with E-state index in [9.17, 15) is 4.39 Å². The minimum atomic E-state index is -0.329. The summed E-state index contributed by atoms with van der Waals surface area (Å²) in [7, 11) is 0. The first kappa shape index (κ1) is 12.6. The number of thiophene rings is 1. The molecular formula is C13H13ClFNS. The van der Waals surface area contributed by atoms with Crippen molar-refractivity contribution >= 4 is 22.9 Å². The number of benzene rings is 1. The third-order valence-corrected chi connectivity index (χ3v) is 3.91. The molecule has 2 rings (SSSR count). The second-order valence-corrected chi connectivity index (χ2v) is 5.33. The van der Waals surface area contributed by atoms with E-state index < -0.39 is 0 Å². The fraction of sp³-hybridized carbons (Fsp3) is 0.231. The zero-order valence-electron chi connectivity index (χ0n) is 9.20. The van der Waals surface area contributed by atoms with E-state index in [1.165, 1.54) is 17.0 Å². The lowest BCUT2D eigenvalue weighted by molar-refractivity contribution is 0.620. The lowest BCUT2D eigenvalue weighted by Gasteiger charge is -2.13. The Balaban J connectivity index is 2.01. The minimum absolute atomic E-state index is 0.148. The largest absolute Gasteiger partial charge is 0.324 e. The monoisotopic (exact) mass is 269 g/mol. The van der Waals surface area contributed by atoms with Gasteiger partial charge >= 0.3 is 0 Å². The summed E-state index contributed by atoms with van der Waals surface area (Å²) in [6.07, 6.45) is 1.73. The van der Waals surface area contributed by atoms with Gasteiger partial charge in [-0.3, -0.25) is 0 Å². The molecule has 0 aliphatic heterocycles. The van der Waals surface area contributed by atoms with Crippen LogP contribution in [-0.4, -0.2) is 0 Å². The first-order valence-electron chi connectivity index (χ1n) is 5.39. The predicted octanol–water partition coefficient (Wildman–Crippen LogP) is 4.17. The molecule has 0 aliphatic carbocycles. The SMILES string of the molecule is NC(CCc1cccs1)c1ccc(F)cc1Cl. The van der Waals surface area contributed by atoms with Gasteiger partial charge in [0.25, 0.3) is 0 Å². The van der Waals surface area contributed by atoms with Crippen LogP contribution in [0.5, 0.6) is 0 Å². The van der Waals surface area contributed by atoms with Crippen LogP contribution in [0.25, 0.3) is 0 Å². The molecule has 0 saturated heterocycles. The zero-order valence-corrected chi connectivity index (χ0v) is 10.8. The van der Waals surface area contributed by atoms with Gasteiger partial charge in [-0.05, 0) is 42.0 Å². The summed E-state index contributed by atoms with van der Waals surface area (Å²) in [6, 6.07) is 8.33. The van der Waals surface area contributed by atoms with Crippen LogP contribution in [0.1, 0.15) is 22.9 Å². The fourth-order valence-electron chi connectivity index (χ4n) is 1.71. The maximum absolute atomic E-state index is 12.9. The minimum Gasteiger partial charge on any atom is -0.324 e. The summed E-state index contributed by atoms with van der Waals surface area (Å²) in [4.78, 5) is 1.30. The Morgan fingerprint density at radius 2 is 2.18 bits per heavy atom. The van der Waals surface area contributed by atoms with Gasteiger partial charge in [-0.2, -0.15) is 0 Å². The molecule has 0 radical (unpaired) electrons. The first-order chi connectivity index (χ1) is 8.16. The van der Waals surface area contributed by atoms with Crippen molar-refractivity contribution in [2.75, 3.05) is 0 Å². The van der Waals surface area contributed by atoms with E-state index in [1.54, 1.807) is 17.4 Å². The van der Waals surface area contributed by atoms with Crippen LogP contribution in [0.15, 0.2) is 35.7 Å². The summed E-state index contributed by atoms with van der Waals surface area (Å²) in [5, 5.41) is 2.45. The second-order valence-electron chi connectivity index (χ2n) is 3.89. The molecule has 0 amide bonds. The maximum Gasteiger partial charge on any atom is 0.124 e. The van der Waals surface area contributed by atoms with Gasteiger partial charge in [-0.25, -0.2) is 4.39 Å². The molecule has 1 aromatic heterocycles. The number of hydrogen-bond acceptors (Lipinski definition) is 2. The first-order valence-corrected chi connectivity index (χ1v) is 6.65. The van der Waals surface area contributed by atoms with Crippen molar-refractivity contribution in [1.82, 2.24) is 0 Å². The van der Waals surface area contributed by atoms with Crippen molar-refractivity contribution in [3.8, 4) is 0 Å². The van der Waals surface area contributed by atoms with Crippen molar-refractivity contribution in [3.63, 3.8) is 0 Å². The average molecular weight is 270 g/mol. The van der Waals surface area contributed by atoms with Gasteiger partial charge in [-0.1, -0.05) is 23.7 Å². The van der Waals surface area contributed by atoms with Gasteiger partial charge in [-0.15, -0.1) is 11.3 Å². The molecule has 2 aromatic rings. The van der Waals surface area contributed by atoms with Crippen LogP contribution >= 0.6 is 22.9 Å². The van der Waals surface area contributed by atoms with E-state index in [-0.39, 0.29) is 11.9 Å². The van der Waals surface area contributed by atoms with E-state index in [0.29, 0.717) is 5.02 Å². The molecule has 17 heavy (non-hydrogen) atoms. The molecule has 0 saturated carbocycles. The molecule has 1 atom stereocenters. The molecule has 1 unspecified atom stereocenters. The van der Waals surface area contributed by atoms with Crippen LogP contribution in [0.2, 0.25) is 5.02 Å². The summed E-state index contributed by atoms with van der Waals surface area (Å²) >= 11 is 7.69. The highest BCUT2D eigenvalue weighted by atomic mass is 35.5. The highest BCUT2D eigenvalue weighted by molar-refractivity contribution is 7.09. The second kappa shape index (κ2) is 5.63. The Hall–Kier alpha value is -0.900. The number of aryl methyl sites for hydroxylation is 1. The summed E-state index contributed by atoms with van der Waals surface area (Å²) in [5.74, 6) is -0.329. The molecule has 90 valence electrons. The lowest BCUT2D eigenvalue weighted by atomic mass is 10.0. The summed E-state index contributed by atoms with van der Waals surface area (Å²) < 4.78 is 12.9. The molecule has 2 N–H and O–H groups in total. The Morgan fingerprint density at radius 1 is 1.35 bits per heavy atom. The molecule has 1 heterocycles. The molecule has 1 nitrogen and oxygen atoms in total. The smallest absolute Gasteiger partial charge is 0.124 e. The Morgan fingerprint density at radius 3 is 2.82 bits per heavy atom. The van der Waals surface area contributed by atoms with Crippen LogP contribution in [0.3, 0.4) is 0 Å². The third-order valence-electron chi connectivity index (χ3n) is 2.64. The Kier molecular flexibility index (Phi) is 4.15. The zero-order chi connectivity index (χ0) is 12.3. The van der Waals surface area contributed by atoms with Crippen LogP contribution in [-0.2, 0) is 6.42 Å². The lowest BCUT2D eigenvalue weighted by Crippen LogP contribution is -2.11. The van der Waals surface area contributed by atoms with Crippen LogP contribution in [0.4, 0.5) is 4.39 Å². The van der Waals surface area contributed by atoms with Gasteiger partial charge in [0.1, 0.15) is 5.82 Å². The fourth-order valence-corrected chi connectivity index (χ4v) is 2.74. The van der Waals surface area contributed by atoms with Gasteiger partial charge < -0.3 is 5.73 Å². The van der Waals surface area contributed by atoms with Gasteiger partial charge in [0.2, 0.25) is 0 Å². The van der Waals surface area contributed by atoms with Crippen molar-refractivity contribution in [1.29, 1.82) is 0 Å². The Bertz CT molecular complexity index is 484. The van der Waals surface area contributed by atoms with E-state index >= 15 is 0 Å². The highest BCUT2D eigenvalue weighted by Gasteiger charge is 2.11. The number of nitrogens with two attached hydrogens (primary N) is 1. The summed E-state index contributed by atoms with van der Waals surface area (Å²) in [5.41, 5.74) is 6.87. The predicted molar refractivity (Wildman–Crippen MR) is 71.0 cm³/mol. The molecule has 0 aliphatic rings. The van der Waals surface area contributed by atoms with Crippen LogP contribution in [0, 0.1) is 5.82 Å². The van der Waals surface area contributed by atoms with Crippen molar-refractivity contribution in [2.45, 2.75) is 18.9 Å². The molecule has 1 aromatic carbocycles. The van der Waals surface area contributed by atoms with Crippen molar-refractivity contribution in [3.05, 3.63) is 57.0 Å². The number of halogens is 2. The van der Waals surface area contributed by atoms with Crippen LogP contribution < -0.4 is 5.73 Å². The molecule has 0 bridgehead atoms. The van der Waals surface area contributed by atoms with Gasteiger partial charge in [0, 0.05) is 15.9 Å². The number of hydrogen-bond donors (Lipinski definition) is 1. The quantitative estimate of drug-likeness (QED) is 0.886. The highest BCUT2D eigenvalue weighted by Crippen LogP contribution is 2.26. The molecule has 0 spiro atoms. The van der Waals surface area contributed by atoms with E-state index in [0.717, 1.165) is 18.4 Å².